The molecule has 0 unspecified atom stereocenters. The van der Waals surface area contributed by atoms with E-state index < -0.39 is 10.7 Å². The number of halogens is 1. The van der Waals surface area contributed by atoms with Gasteiger partial charge in [0.2, 0.25) is 0 Å². The number of rotatable bonds is 2. The van der Waals surface area contributed by atoms with Crippen molar-refractivity contribution in [3.63, 3.8) is 0 Å². The van der Waals surface area contributed by atoms with Crippen LogP contribution in [0.1, 0.15) is 30.0 Å². The van der Waals surface area contributed by atoms with Crippen LogP contribution in [0.3, 0.4) is 0 Å². The van der Waals surface area contributed by atoms with E-state index in [1.165, 1.54) is 6.07 Å². The second-order valence-electron chi connectivity index (χ2n) is 4.11. The van der Waals surface area contributed by atoms with Gasteiger partial charge in [0.05, 0.1) is 10.5 Å². The van der Waals surface area contributed by atoms with Gasteiger partial charge in [0.15, 0.2) is 0 Å². The summed E-state index contributed by atoms with van der Waals surface area (Å²) < 4.78 is 13.8. The molecule has 0 fully saturated rings. The van der Waals surface area contributed by atoms with Gasteiger partial charge in [0, 0.05) is 5.56 Å². The Hall–Kier alpha value is -1.71. The van der Waals surface area contributed by atoms with Crippen LogP contribution in [0.5, 0.6) is 0 Å². The molecule has 4 heteroatoms. The minimum atomic E-state index is -0.528. The number of benzene rings is 1. The topological polar surface area (TPSA) is 43.1 Å². The van der Waals surface area contributed by atoms with Gasteiger partial charge in [0.1, 0.15) is 5.82 Å². The van der Waals surface area contributed by atoms with E-state index in [0.29, 0.717) is 17.6 Å². The second-order valence-corrected chi connectivity index (χ2v) is 4.11. The predicted octanol–water partition coefficient (Wildman–Crippen LogP) is 3.26. The van der Waals surface area contributed by atoms with E-state index in [1.54, 1.807) is 6.92 Å². The lowest BCUT2D eigenvalue weighted by molar-refractivity contribution is -0.386. The van der Waals surface area contributed by atoms with Crippen LogP contribution in [-0.4, -0.2) is 4.92 Å². The minimum Gasteiger partial charge on any atom is -0.258 e. The number of nitro groups is 1. The predicted molar refractivity (Wildman–Crippen MR) is 59.8 cm³/mol. The lowest BCUT2D eigenvalue weighted by Gasteiger charge is -2.08. The monoisotopic (exact) mass is 221 g/mol. The number of nitro benzene ring substituents is 1. The molecule has 0 amide bonds. The van der Waals surface area contributed by atoms with Crippen molar-refractivity contribution in [2.75, 3.05) is 0 Å². The fourth-order valence-electron chi connectivity index (χ4n) is 2.29. The minimum absolute atomic E-state index is 0.0608. The summed E-state index contributed by atoms with van der Waals surface area (Å²) in [5.41, 5.74) is 1.84. The lowest BCUT2D eigenvalue weighted by atomic mass is 9.98. The second kappa shape index (κ2) is 3.70. The summed E-state index contributed by atoms with van der Waals surface area (Å²) in [6.07, 6.45) is 2.24. The van der Waals surface area contributed by atoms with Crippen LogP contribution in [0.4, 0.5) is 10.1 Å². The third-order valence-corrected chi connectivity index (χ3v) is 2.93. The Morgan fingerprint density at radius 3 is 2.81 bits per heavy atom. The van der Waals surface area contributed by atoms with Gasteiger partial charge in [-0.1, -0.05) is 6.58 Å². The van der Waals surface area contributed by atoms with Gasteiger partial charge in [0.25, 0.3) is 5.69 Å². The van der Waals surface area contributed by atoms with Gasteiger partial charge < -0.3 is 0 Å². The number of hydrogen-bond donors (Lipinski definition) is 0. The van der Waals surface area contributed by atoms with E-state index >= 15 is 0 Å². The summed E-state index contributed by atoms with van der Waals surface area (Å²) in [7, 11) is 0. The average Bonchev–Trinajstić information content (AvgIpc) is 2.61. The highest BCUT2D eigenvalue weighted by Gasteiger charge is 2.29. The maximum atomic E-state index is 13.8. The SMILES string of the molecule is C=C(C)c1c(F)cc2c(c1[N+](=O)[O-])CCC2. The highest BCUT2D eigenvalue weighted by atomic mass is 19.1. The molecular weight excluding hydrogens is 209 g/mol. The van der Waals surface area contributed by atoms with Crippen LogP contribution in [0, 0.1) is 15.9 Å². The zero-order valence-electron chi connectivity index (χ0n) is 9.05. The largest absolute Gasteiger partial charge is 0.283 e. The molecule has 0 saturated carbocycles. The molecule has 0 saturated heterocycles. The van der Waals surface area contributed by atoms with E-state index in [1.807, 2.05) is 0 Å². The highest BCUT2D eigenvalue weighted by Crippen LogP contribution is 2.37. The van der Waals surface area contributed by atoms with E-state index in [4.69, 9.17) is 0 Å². The highest BCUT2D eigenvalue weighted by molar-refractivity contribution is 5.73. The molecule has 0 N–H and O–H groups in total. The maximum Gasteiger partial charge on any atom is 0.283 e. The Kier molecular flexibility index (Phi) is 2.50. The van der Waals surface area contributed by atoms with E-state index in [2.05, 4.69) is 6.58 Å². The fourth-order valence-corrected chi connectivity index (χ4v) is 2.29. The molecule has 0 aliphatic heterocycles. The summed E-state index contributed by atoms with van der Waals surface area (Å²) >= 11 is 0. The first kappa shape index (κ1) is 10.8. The first-order chi connectivity index (χ1) is 7.52. The molecule has 0 radical (unpaired) electrons. The van der Waals surface area contributed by atoms with Crippen LogP contribution in [-0.2, 0) is 12.8 Å². The van der Waals surface area contributed by atoms with Gasteiger partial charge in [-0.15, -0.1) is 0 Å². The lowest BCUT2D eigenvalue weighted by Crippen LogP contribution is -2.02. The Morgan fingerprint density at radius 1 is 1.56 bits per heavy atom. The van der Waals surface area contributed by atoms with Crippen molar-refractivity contribution in [1.29, 1.82) is 0 Å². The fraction of sp³-hybridized carbons (Fsp3) is 0.333. The van der Waals surface area contributed by atoms with Crippen molar-refractivity contribution in [3.05, 3.63) is 45.3 Å². The van der Waals surface area contributed by atoms with Crippen molar-refractivity contribution < 1.29 is 9.31 Å². The van der Waals surface area contributed by atoms with Gasteiger partial charge in [-0.25, -0.2) is 4.39 Å². The Bertz CT molecular complexity index is 494. The molecule has 3 nitrogen and oxygen atoms in total. The molecule has 0 spiro atoms. The third-order valence-electron chi connectivity index (χ3n) is 2.93. The van der Waals surface area contributed by atoms with Crippen molar-refractivity contribution in [1.82, 2.24) is 0 Å². The van der Waals surface area contributed by atoms with Crippen LogP contribution in [0.25, 0.3) is 5.57 Å². The number of aryl methyl sites for hydroxylation is 1. The average molecular weight is 221 g/mol. The van der Waals surface area contributed by atoms with Crippen molar-refractivity contribution in [2.24, 2.45) is 0 Å². The molecule has 84 valence electrons. The van der Waals surface area contributed by atoms with Crippen molar-refractivity contribution >= 4 is 11.3 Å². The molecule has 1 aliphatic rings. The molecule has 0 heterocycles. The van der Waals surface area contributed by atoms with Gasteiger partial charge >= 0.3 is 0 Å². The Balaban J connectivity index is 2.79. The molecular formula is C12H12FNO2. The number of fused-ring (bicyclic) bond motifs is 1. The molecule has 1 aromatic carbocycles. The van der Waals surface area contributed by atoms with Gasteiger partial charge in [-0.2, -0.15) is 0 Å². The number of nitrogens with zero attached hydrogens (tertiary/aromatic N) is 1. The Labute approximate surface area is 92.7 Å². The normalized spacial score (nSPS) is 13.6. The molecule has 16 heavy (non-hydrogen) atoms. The summed E-state index contributed by atoms with van der Waals surface area (Å²) in [5, 5.41) is 11.0. The molecule has 1 aromatic rings. The number of allylic oxidation sites excluding steroid dienone is 1. The van der Waals surface area contributed by atoms with Crippen molar-refractivity contribution in [3.8, 4) is 0 Å². The van der Waals surface area contributed by atoms with Crippen molar-refractivity contribution in [2.45, 2.75) is 26.2 Å². The first-order valence-corrected chi connectivity index (χ1v) is 5.17. The summed E-state index contributed by atoms with van der Waals surface area (Å²) in [6, 6.07) is 1.42. The van der Waals surface area contributed by atoms with Gasteiger partial charge in [-0.05, 0) is 43.4 Å². The molecule has 0 aromatic heterocycles. The van der Waals surface area contributed by atoms with Gasteiger partial charge in [-0.3, -0.25) is 10.1 Å². The van der Waals surface area contributed by atoms with Crippen LogP contribution < -0.4 is 0 Å². The van der Waals surface area contributed by atoms with Crippen LogP contribution in [0.15, 0.2) is 12.6 Å². The molecule has 0 atom stereocenters. The Morgan fingerprint density at radius 2 is 2.25 bits per heavy atom. The van der Waals surface area contributed by atoms with E-state index in [9.17, 15) is 14.5 Å². The summed E-state index contributed by atoms with van der Waals surface area (Å²) in [6.45, 7) is 5.20. The third kappa shape index (κ3) is 1.50. The quantitative estimate of drug-likeness (QED) is 0.568. The zero-order valence-corrected chi connectivity index (χ0v) is 9.05. The zero-order chi connectivity index (χ0) is 11.9. The van der Waals surface area contributed by atoms with E-state index in [0.717, 1.165) is 18.4 Å². The van der Waals surface area contributed by atoms with Crippen LogP contribution in [0.2, 0.25) is 0 Å². The summed E-state index contributed by atoms with van der Waals surface area (Å²) in [5.74, 6) is -0.528. The first-order valence-electron chi connectivity index (χ1n) is 5.17. The molecule has 0 bridgehead atoms. The molecule has 2 rings (SSSR count). The molecule has 1 aliphatic carbocycles. The standard InChI is InChI=1S/C12H12FNO2/c1-7(2)11-10(13)6-8-4-3-5-9(8)12(11)14(15)16/h6H,1,3-5H2,2H3. The van der Waals surface area contributed by atoms with Crippen LogP contribution >= 0.6 is 0 Å². The summed E-state index contributed by atoms with van der Waals surface area (Å²) in [4.78, 5) is 10.5. The smallest absolute Gasteiger partial charge is 0.258 e. The van der Waals surface area contributed by atoms with E-state index in [-0.39, 0.29) is 11.3 Å². The maximum absolute atomic E-state index is 13.8. The number of hydrogen-bond acceptors (Lipinski definition) is 2.